The van der Waals surface area contributed by atoms with Crippen molar-refractivity contribution in [3.05, 3.63) is 11.6 Å². The fourth-order valence-electron chi connectivity index (χ4n) is 4.19. The summed E-state index contributed by atoms with van der Waals surface area (Å²) >= 11 is 0. The van der Waals surface area contributed by atoms with Crippen LogP contribution in [-0.2, 0) is 14.3 Å². The monoisotopic (exact) mass is 348 g/mol. The summed E-state index contributed by atoms with van der Waals surface area (Å²) in [7, 11) is 0. The molecule has 5 heteroatoms. The lowest BCUT2D eigenvalue weighted by molar-refractivity contribution is -0.141. The van der Waals surface area contributed by atoms with E-state index < -0.39 is 0 Å². The molecular formula is C20H32N2O3. The average Bonchev–Trinajstić information content (AvgIpc) is 2.69. The maximum absolute atomic E-state index is 12.5. The molecule has 3 rings (SSSR count). The van der Waals surface area contributed by atoms with Gasteiger partial charge in [-0.05, 0) is 57.8 Å². The van der Waals surface area contributed by atoms with Crippen molar-refractivity contribution in [2.24, 2.45) is 11.8 Å². The number of ether oxygens (including phenoxy) is 1. The summed E-state index contributed by atoms with van der Waals surface area (Å²) in [5, 5.41) is 3.11. The van der Waals surface area contributed by atoms with E-state index in [0.717, 1.165) is 51.7 Å². The Bertz CT molecular complexity index is 489. The van der Waals surface area contributed by atoms with Crippen LogP contribution in [0.2, 0.25) is 0 Å². The van der Waals surface area contributed by atoms with Crippen molar-refractivity contribution >= 4 is 11.8 Å². The van der Waals surface area contributed by atoms with E-state index in [-0.39, 0.29) is 23.7 Å². The number of hydrogen-bond donors (Lipinski definition) is 1. The fraction of sp³-hybridized carbons (Fsp3) is 0.800. The molecule has 5 nitrogen and oxygen atoms in total. The summed E-state index contributed by atoms with van der Waals surface area (Å²) in [6.07, 6.45) is 11.6. The molecule has 0 aromatic heterocycles. The lowest BCUT2D eigenvalue weighted by atomic mass is 9.92. The van der Waals surface area contributed by atoms with E-state index in [1.807, 2.05) is 4.90 Å². The van der Waals surface area contributed by atoms with Crippen LogP contribution in [-0.4, -0.2) is 49.6 Å². The van der Waals surface area contributed by atoms with Crippen LogP contribution in [0.5, 0.6) is 0 Å². The number of carbonyl (C=O) groups excluding carboxylic acids is 2. The van der Waals surface area contributed by atoms with E-state index in [1.54, 1.807) is 0 Å². The van der Waals surface area contributed by atoms with Gasteiger partial charge in [0.05, 0.1) is 0 Å². The van der Waals surface area contributed by atoms with Gasteiger partial charge in [0.1, 0.15) is 0 Å². The number of nitrogens with one attached hydrogen (secondary N) is 1. The predicted molar refractivity (Wildman–Crippen MR) is 97.0 cm³/mol. The summed E-state index contributed by atoms with van der Waals surface area (Å²) in [6, 6.07) is 0. The van der Waals surface area contributed by atoms with Crippen molar-refractivity contribution in [3.8, 4) is 0 Å². The van der Waals surface area contributed by atoms with E-state index in [0.29, 0.717) is 13.2 Å². The zero-order valence-corrected chi connectivity index (χ0v) is 15.3. The highest BCUT2D eigenvalue weighted by Gasteiger charge is 2.31. The fourth-order valence-corrected chi connectivity index (χ4v) is 4.19. The summed E-state index contributed by atoms with van der Waals surface area (Å²) < 4.78 is 5.34. The van der Waals surface area contributed by atoms with Crippen molar-refractivity contribution in [1.29, 1.82) is 0 Å². The Balaban J connectivity index is 1.35. The highest BCUT2D eigenvalue weighted by atomic mass is 16.5. The van der Waals surface area contributed by atoms with Gasteiger partial charge in [-0.15, -0.1) is 0 Å². The number of nitrogens with zero attached hydrogens (tertiary/aromatic N) is 1. The second-order valence-electron chi connectivity index (χ2n) is 7.64. The Morgan fingerprint density at radius 1 is 1.08 bits per heavy atom. The van der Waals surface area contributed by atoms with Crippen LogP contribution in [0.15, 0.2) is 11.6 Å². The molecule has 2 aliphatic heterocycles. The largest absolute Gasteiger partial charge is 0.381 e. The minimum Gasteiger partial charge on any atom is -0.381 e. The van der Waals surface area contributed by atoms with Crippen LogP contribution in [0.25, 0.3) is 0 Å². The molecule has 0 atom stereocenters. The van der Waals surface area contributed by atoms with Gasteiger partial charge < -0.3 is 15.0 Å². The highest BCUT2D eigenvalue weighted by Crippen LogP contribution is 2.23. The second-order valence-corrected chi connectivity index (χ2v) is 7.64. The predicted octanol–water partition coefficient (Wildman–Crippen LogP) is 2.66. The third-order valence-electron chi connectivity index (χ3n) is 5.88. The highest BCUT2D eigenvalue weighted by molar-refractivity contribution is 5.81. The van der Waals surface area contributed by atoms with Crippen molar-refractivity contribution in [3.63, 3.8) is 0 Å². The van der Waals surface area contributed by atoms with E-state index >= 15 is 0 Å². The molecule has 0 saturated carbocycles. The smallest absolute Gasteiger partial charge is 0.225 e. The normalized spacial score (nSPS) is 23.2. The van der Waals surface area contributed by atoms with Crippen LogP contribution in [0.3, 0.4) is 0 Å². The molecule has 25 heavy (non-hydrogen) atoms. The van der Waals surface area contributed by atoms with Gasteiger partial charge in [0, 0.05) is 44.7 Å². The Morgan fingerprint density at radius 2 is 1.84 bits per heavy atom. The van der Waals surface area contributed by atoms with Gasteiger partial charge >= 0.3 is 0 Å². The van der Waals surface area contributed by atoms with Gasteiger partial charge in [-0.2, -0.15) is 0 Å². The summed E-state index contributed by atoms with van der Waals surface area (Å²) in [5.74, 6) is 0.642. The Hall–Kier alpha value is -1.36. The van der Waals surface area contributed by atoms with E-state index in [2.05, 4.69) is 11.4 Å². The number of rotatable bonds is 5. The molecule has 2 fully saturated rings. The lowest BCUT2D eigenvalue weighted by Crippen LogP contribution is -2.46. The first-order chi connectivity index (χ1) is 12.2. The molecular weight excluding hydrogens is 316 g/mol. The number of hydrogen-bond acceptors (Lipinski definition) is 3. The molecule has 2 saturated heterocycles. The lowest BCUT2D eigenvalue weighted by Gasteiger charge is -2.34. The molecule has 1 aliphatic carbocycles. The first kappa shape index (κ1) is 18.4. The molecule has 0 spiro atoms. The molecule has 1 N–H and O–H groups in total. The van der Waals surface area contributed by atoms with Gasteiger partial charge in [-0.25, -0.2) is 0 Å². The van der Waals surface area contributed by atoms with E-state index in [1.165, 1.54) is 31.3 Å². The Morgan fingerprint density at radius 3 is 2.52 bits per heavy atom. The van der Waals surface area contributed by atoms with Crippen molar-refractivity contribution in [1.82, 2.24) is 10.2 Å². The maximum Gasteiger partial charge on any atom is 0.225 e. The van der Waals surface area contributed by atoms with Gasteiger partial charge in [0.15, 0.2) is 0 Å². The molecule has 0 bridgehead atoms. The molecule has 3 aliphatic rings. The zero-order chi connectivity index (χ0) is 17.5. The van der Waals surface area contributed by atoms with Crippen LogP contribution in [0, 0.1) is 11.8 Å². The Labute approximate surface area is 151 Å². The first-order valence-corrected chi connectivity index (χ1v) is 10.1. The quantitative estimate of drug-likeness (QED) is 0.777. The van der Waals surface area contributed by atoms with Crippen molar-refractivity contribution < 1.29 is 14.3 Å². The second kappa shape index (κ2) is 9.37. The topological polar surface area (TPSA) is 58.6 Å². The number of carbonyl (C=O) groups is 2. The number of amides is 2. The molecule has 0 radical (unpaired) electrons. The zero-order valence-electron chi connectivity index (χ0n) is 15.3. The third kappa shape index (κ3) is 5.30. The van der Waals surface area contributed by atoms with Crippen molar-refractivity contribution in [2.75, 3.05) is 32.8 Å². The minimum atomic E-state index is 0.0686. The summed E-state index contributed by atoms with van der Waals surface area (Å²) in [6.45, 7) is 3.60. The van der Waals surface area contributed by atoms with Gasteiger partial charge in [0.2, 0.25) is 11.8 Å². The molecule has 2 heterocycles. The average molecular weight is 348 g/mol. The molecule has 140 valence electrons. The third-order valence-corrected chi connectivity index (χ3v) is 5.88. The first-order valence-electron chi connectivity index (χ1n) is 10.1. The minimum absolute atomic E-state index is 0.0686. The number of likely N-dealkylation sites (tertiary alicyclic amines) is 1. The van der Waals surface area contributed by atoms with Gasteiger partial charge in [0.25, 0.3) is 0 Å². The van der Waals surface area contributed by atoms with Crippen LogP contribution in [0.1, 0.15) is 57.8 Å². The summed E-state index contributed by atoms with van der Waals surface area (Å²) in [4.78, 5) is 26.9. The Kier molecular flexibility index (Phi) is 6.91. The molecule has 2 amide bonds. The standard InChI is InChI=1S/C20H32N2O3/c23-19(21-11-6-16-4-2-1-3-5-16)17-7-12-22(13-8-17)20(24)18-9-14-25-15-10-18/h4,17-18H,1-3,5-15H2,(H,21,23). The number of allylic oxidation sites excluding steroid dienone is 1. The van der Waals surface area contributed by atoms with Crippen LogP contribution >= 0.6 is 0 Å². The van der Waals surface area contributed by atoms with Gasteiger partial charge in [-0.1, -0.05) is 11.6 Å². The van der Waals surface area contributed by atoms with Gasteiger partial charge in [-0.3, -0.25) is 9.59 Å². The molecule has 0 unspecified atom stereocenters. The van der Waals surface area contributed by atoms with E-state index in [4.69, 9.17) is 4.74 Å². The van der Waals surface area contributed by atoms with E-state index in [9.17, 15) is 9.59 Å². The molecule has 0 aromatic rings. The summed E-state index contributed by atoms with van der Waals surface area (Å²) in [5.41, 5.74) is 1.50. The van der Waals surface area contributed by atoms with Crippen molar-refractivity contribution in [2.45, 2.75) is 57.8 Å². The SMILES string of the molecule is O=C(NCCC1=CCCCC1)C1CCN(C(=O)C2CCOCC2)CC1. The van der Waals surface area contributed by atoms with Crippen LogP contribution in [0.4, 0.5) is 0 Å². The molecule has 0 aromatic carbocycles. The maximum atomic E-state index is 12.5. The number of piperidine rings is 1. The van der Waals surface area contributed by atoms with Crippen LogP contribution < -0.4 is 5.32 Å².